The predicted molar refractivity (Wildman–Crippen MR) is 157 cm³/mol. The van der Waals surface area contributed by atoms with Gasteiger partial charge in [-0.15, -0.1) is 12.4 Å². The van der Waals surface area contributed by atoms with Crippen LogP contribution >= 0.6 is 12.4 Å². The summed E-state index contributed by atoms with van der Waals surface area (Å²) in [6.07, 6.45) is 5.70. The number of carbonyl (C=O) groups excluding carboxylic acids is 1. The minimum Gasteiger partial charge on any atom is -0.352 e. The van der Waals surface area contributed by atoms with E-state index in [2.05, 4.69) is 19.6 Å². The number of rotatable bonds is 6. The van der Waals surface area contributed by atoms with Gasteiger partial charge in [0.2, 0.25) is 5.91 Å². The van der Waals surface area contributed by atoms with Crippen molar-refractivity contribution >= 4 is 56.6 Å². The van der Waals surface area contributed by atoms with Gasteiger partial charge in [-0.1, -0.05) is 6.42 Å². The molecule has 2 fully saturated rings. The Morgan fingerprint density at radius 2 is 1.77 bits per heavy atom. The summed E-state index contributed by atoms with van der Waals surface area (Å²) in [6, 6.07) is 5.07. The van der Waals surface area contributed by atoms with Gasteiger partial charge in [-0.25, -0.2) is 9.37 Å². The van der Waals surface area contributed by atoms with Crippen LogP contribution in [-0.2, 0) is 20.4 Å². The summed E-state index contributed by atoms with van der Waals surface area (Å²) in [7, 11) is 4.81. The molecule has 1 aromatic carbocycles. The van der Waals surface area contributed by atoms with E-state index in [1.807, 2.05) is 19.0 Å². The number of halogens is 2. The molecular weight excluding hydrogens is 557 g/mol. The van der Waals surface area contributed by atoms with Crippen LogP contribution in [0.25, 0.3) is 22.0 Å². The maximum Gasteiger partial charge on any atom is 0.301 e. The summed E-state index contributed by atoms with van der Waals surface area (Å²) in [5.74, 6) is 0.0513. The second kappa shape index (κ2) is 9.79. The van der Waals surface area contributed by atoms with Crippen LogP contribution in [0, 0.1) is 5.82 Å². The number of amides is 1. The number of carbonyl (C=O) groups is 1. The molecule has 4 heterocycles. The first-order valence-electron chi connectivity index (χ1n) is 13.0. The van der Waals surface area contributed by atoms with Gasteiger partial charge in [0.05, 0.1) is 28.5 Å². The first-order chi connectivity index (χ1) is 18.4. The maximum absolute atomic E-state index is 15.6. The van der Waals surface area contributed by atoms with E-state index >= 15 is 4.39 Å². The van der Waals surface area contributed by atoms with Gasteiger partial charge >= 0.3 is 10.2 Å². The smallest absolute Gasteiger partial charge is 0.301 e. The van der Waals surface area contributed by atoms with Gasteiger partial charge in [-0.05, 0) is 39.1 Å². The molecule has 13 heteroatoms. The normalized spacial score (nSPS) is 18.2. The number of anilines is 3. The van der Waals surface area contributed by atoms with Crippen molar-refractivity contribution < 1.29 is 17.6 Å². The molecule has 10 nitrogen and oxygen atoms in total. The predicted octanol–water partition coefficient (Wildman–Crippen LogP) is 3.22. The van der Waals surface area contributed by atoms with Gasteiger partial charge in [0.1, 0.15) is 5.82 Å². The summed E-state index contributed by atoms with van der Waals surface area (Å²) < 4.78 is 44.8. The van der Waals surface area contributed by atoms with Crippen molar-refractivity contribution in [3.63, 3.8) is 0 Å². The summed E-state index contributed by atoms with van der Waals surface area (Å²) in [4.78, 5) is 28.0. The molecule has 0 atom stereocenters. The monoisotopic (exact) mass is 589 g/mol. The molecule has 3 aliphatic rings. The molecule has 1 N–H and O–H groups in total. The molecule has 40 heavy (non-hydrogen) atoms. The Kier molecular flexibility index (Phi) is 6.97. The second-order valence-electron chi connectivity index (χ2n) is 11.2. The fourth-order valence-electron chi connectivity index (χ4n) is 5.83. The quantitative estimate of drug-likeness (QED) is 0.471. The number of nitrogens with zero attached hydrogens (tertiary/aromatic N) is 6. The summed E-state index contributed by atoms with van der Waals surface area (Å²) in [5.41, 5.74) is 2.53. The Labute approximate surface area is 239 Å². The van der Waals surface area contributed by atoms with E-state index in [4.69, 9.17) is 0 Å². The standard InChI is InChI=1S/C27H32FN7O3S.ClH/c1-32(2)17-14-35(15-17)25-22(31-39(37,38)33(3)4)9-16(12-30-25)18-10-19-21(11-20(18)28)29-13-23-24(19)27(7-6-8-27)26(36)34(23)5;/h9-13,17,31H,6-8,14-15H2,1-5H3;1H. The van der Waals surface area contributed by atoms with Gasteiger partial charge in [-0.2, -0.15) is 12.7 Å². The number of benzene rings is 1. The Hall–Kier alpha value is -3.06. The fourth-order valence-corrected chi connectivity index (χ4v) is 6.44. The molecule has 2 aromatic heterocycles. The highest BCUT2D eigenvalue weighted by Crippen LogP contribution is 2.55. The molecule has 0 radical (unpaired) electrons. The lowest BCUT2D eigenvalue weighted by Crippen LogP contribution is -2.58. The number of hydrogen-bond acceptors (Lipinski definition) is 7. The molecule has 0 unspecified atom stereocenters. The highest BCUT2D eigenvalue weighted by atomic mass is 35.5. The molecule has 1 saturated heterocycles. The molecule has 1 spiro atoms. The van der Waals surface area contributed by atoms with Crippen LogP contribution < -0.4 is 14.5 Å². The van der Waals surface area contributed by atoms with Gasteiger partial charge in [0.25, 0.3) is 0 Å². The van der Waals surface area contributed by atoms with Crippen molar-refractivity contribution in [2.24, 2.45) is 0 Å². The zero-order chi connectivity index (χ0) is 27.9. The molecule has 6 rings (SSSR count). The fraction of sp³-hybridized carbons (Fsp3) is 0.444. The summed E-state index contributed by atoms with van der Waals surface area (Å²) in [5, 5.41) is 0.734. The first-order valence-corrected chi connectivity index (χ1v) is 14.4. The number of likely N-dealkylation sites (N-methyl/N-ethyl adjacent to an activating group) is 2. The lowest BCUT2D eigenvalue weighted by atomic mass is 9.64. The van der Waals surface area contributed by atoms with Crippen molar-refractivity contribution in [2.45, 2.75) is 30.7 Å². The highest BCUT2D eigenvalue weighted by Gasteiger charge is 2.54. The molecule has 1 amide bonds. The molecule has 1 saturated carbocycles. The van der Waals surface area contributed by atoms with Gasteiger partial charge < -0.3 is 14.7 Å². The van der Waals surface area contributed by atoms with E-state index < -0.39 is 21.4 Å². The van der Waals surface area contributed by atoms with Crippen LogP contribution in [0.1, 0.15) is 24.8 Å². The first kappa shape index (κ1) is 28.5. The number of nitrogens with one attached hydrogen (secondary N) is 1. The number of aromatic nitrogens is 2. The van der Waals surface area contributed by atoms with E-state index in [1.165, 1.54) is 20.2 Å². The van der Waals surface area contributed by atoms with E-state index in [9.17, 15) is 13.2 Å². The van der Waals surface area contributed by atoms with Gasteiger partial charge in [0, 0.05) is 74.6 Å². The zero-order valence-electron chi connectivity index (χ0n) is 23.1. The summed E-state index contributed by atoms with van der Waals surface area (Å²) in [6.45, 7) is 1.39. The third-order valence-electron chi connectivity index (χ3n) is 8.49. The molecule has 3 aromatic rings. The van der Waals surface area contributed by atoms with Gasteiger partial charge in [-0.3, -0.25) is 14.5 Å². The van der Waals surface area contributed by atoms with Crippen LogP contribution in [0.5, 0.6) is 0 Å². The number of hydrogen-bond donors (Lipinski definition) is 1. The van der Waals surface area contributed by atoms with Crippen LogP contribution in [-0.4, -0.2) is 87.9 Å². The molecule has 0 bridgehead atoms. The minimum absolute atomic E-state index is 0. The van der Waals surface area contributed by atoms with Crippen molar-refractivity contribution in [1.82, 2.24) is 19.2 Å². The van der Waals surface area contributed by atoms with E-state index in [0.717, 1.165) is 40.2 Å². The lowest BCUT2D eigenvalue weighted by Gasteiger charge is -2.44. The zero-order valence-corrected chi connectivity index (χ0v) is 24.7. The average Bonchev–Trinajstić information content (AvgIpc) is 3.05. The van der Waals surface area contributed by atoms with Crippen LogP contribution in [0.3, 0.4) is 0 Å². The Morgan fingerprint density at radius 3 is 2.38 bits per heavy atom. The molecule has 1 aliphatic carbocycles. The van der Waals surface area contributed by atoms with Crippen molar-refractivity contribution in [1.29, 1.82) is 0 Å². The van der Waals surface area contributed by atoms with Gasteiger partial charge in [0.15, 0.2) is 5.82 Å². The topological polar surface area (TPSA) is 102 Å². The van der Waals surface area contributed by atoms with Crippen molar-refractivity contribution in [3.8, 4) is 11.1 Å². The second-order valence-corrected chi connectivity index (χ2v) is 13.1. The largest absolute Gasteiger partial charge is 0.352 e. The van der Waals surface area contributed by atoms with E-state index in [-0.39, 0.29) is 29.6 Å². The lowest BCUT2D eigenvalue weighted by molar-refractivity contribution is -0.125. The number of pyridine rings is 2. The number of fused-ring (bicyclic) bond motifs is 4. The molecule has 214 valence electrons. The highest BCUT2D eigenvalue weighted by molar-refractivity contribution is 7.90. The third kappa shape index (κ3) is 4.20. The SMILES string of the molecule is CN1C(=O)C2(CCC2)c2c1cnc1cc(F)c(-c3cnc(N4CC(N(C)C)C4)c(NS(=O)(=O)N(C)C)c3)cc21.Cl. The molecule has 2 aliphatic heterocycles. The Morgan fingerprint density at radius 1 is 1.07 bits per heavy atom. The van der Waals surface area contributed by atoms with Crippen molar-refractivity contribution in [3.05, 3.63) is 42.0 Å². The van der Waals surface area contributed by atoms with Crippen LogP contribution in [0.4, 0.5) is 21.6 Å². The van der Waals surface area contributed by atoms with Crippen LogP contribution in [0.15, 0.2) is 30.6 Å². The summed E-state index contributed by atoms with van der Waals surface area (Å²) >= 11 is 0. The molecular formula is C27H33ClFN7O3S. The maximum atomic E-state index is 15.6. The minimum atomic E-state index is -3.84. The Balaban J connectivity index is 0.00000323. The van der Waals surface area contributed by atoms with E-state index in [0.29, 0.717) is 36.0 Å². The van der Waals surface area contributed by atoms with Crippen molar-refractivity contribution in [2.75, 3.05) is 62.8 Å². The van der Waals surface area contributed by atoms with Crippen LogP contribution in [0.2, 0.25) is 0 Å². The Bertz CT molecular complexity index is 1620. The third-order valence-corrected chi connectivity index (χ3v) is 9.93. The average molecular weight is 590 g/mol. The van der Waals surface area contributed by atoms with E-state index in [1.54, 1.807) is 36.5 Å².